The fourth-order valence-corrected chi connectivity index (χ4v) is 4.20. The summed E-state index contributed by atoms with van der Waals surface area (Å²) in [7, 11) is 0. The molecule has 7 heteroatoms. The van der Waals surface area contributed by atoms with E-state index < -0.39 is 11.9 Å². The first-order chi connectivity index (χ1) is 12.8. The molecule has 2 N–H and O–H groups in total. The number of likely N-dealkylation sites (tertiary alicyclic amines) is 2. The molecule has 2 atom stereocenters. The second kappa shape index (κ2) is 10.4. The largest absolute Gasteiger partial charge is 0.473 e. The fourth-order valence-electron chi connectivity index (χ4n) is 4.20. The lowest BCUT2D eigenvalue weighted by Crippen LogP contribution is -2.49. The molecule has 0 aromatic carbocycles. The molecule has 0 saturated carbocycles. The fraction of sp³-hybridized carbons (Fsp3) is 0.650. The van der Waals surface area contributed by atoms with E-state index in [1.165, 1.54) is 51.0 Å². The van der Waals surface area contributed by atoms with Crippen LogP contribution < -0.4 is 0 Å². The van der Waals surface area contributed by atoms with E-state index in [0.29, 0.717) is 0 Å². The molecular weight excluding hydrogens is 346 g/mol. The van der Waals surface area contributed by atoms with Crippen molar-refractivity contribution in [3.8, 4) is 0 Å². The lowest BCUT2D eigenvalue weighted by Gasteiger charge is -2.43. The highest BCUT2D eigenvalue weighted by Gasteiger charge is 2.29. The van der Waals surface area contributed by atoms with E-state index >= 15 is 0 Å². The third-order valence-electron chi connectivity index (χ3n) is 5.28. The van der Waals surface area contributed by atoms with Crippen molar-refractivity contribution in [1.29, 1.82) is 0 Å². The Morgan fingerprint density at radius 3 is 2.19 bits per heavy atom. The molecule has 2 aliphatic rings. The zero-order valence-corrected chi connectivity index (χ0v) is 16.3. The number of aromatic nitrogens is 1. The topological polar surface area (TPSA) is 94.0 Å². The maximum absolute atomic E-state index is 9.10. The predicted octanol–water partition coefficient (Wildman–Crippen LogP) is 2.18. The van der Waals surface area contributed by atoms with Gasteiger partial charge in [-0.05, 0) is 55.8 Å². The lowest BCUT2D eigenvalue weighted by atomic mass is 9.89. The van der Waals surface area contributed by atoms with Gasteiger partial charge in [0.2, 0.25) is 0 Å². The van der Waals surface area contributed by atoms with Crippen molar-refractivity contribution in [2.45, 2.75) is 45.7 Å². The molecule has 2 fully saturated rings. The van der Waals surface area contributed by atoms with Crippen LogP contribution in [0.25, 0.3) is 0 Å². The van der Waals surface area contributed by atoms with Gasteiger partial charge in [-0.15, -0.1) is 0 Å². The number of rotatable bonds is 3. The van der Waals surface area contributed by atoms with Crippen LogP contribution in [0, 0.1) is 11.8 Å². The molecule has 0 bridgehead atoms. The highest BCUT2D eigenvalue weighted by Crippen LogP contribution is 2.26. The van der Waals surface area contributed by atoms with E-state index in [2.05, 4.69) is 34.7 Å². The lowest BCUT2D eigenvalue weighted by molar-refractivity contribution is -0.159. The van der Waals surface area contributed by atoms with Crippen LogP contribution in [0.5, 0.6) is 0 Å². The van der Waals surface area contributed by atoms with Gasteiger partial charge in [-0.2, -0.15) is 0 Å². The number of carboxylic acids is 2. The van der Waals surface area contributed by atoms with Gasteiger partial charge in [-0.3, -0.25) is 14.8 Å². The van der Waals surface area contributed by atoms with Crippen LogP contribution in [0.2, 0.25) is 0 Å². The summed E-state index contributed by atoms with van der Waals surface area (Å²) in [6.07, 6.45) is 7.93. The number of piperidine rings is 2. The molecule has 7 nitrogen and oxygen atoms in total. The number of hydrogen-bond donors (Lipinski definition) is 2. The van der Waals surface area contributed by atoms with Gasteiger partial charge in [0.15, 0.2) is 0 Å². The van der Waals surface area contributed by atoms with Crippen molar-refractivity contribution in [3.05, 3.63) is 30.1 Å². The van der Waals surface area contributed by atoms with Crippen LogP contribution in [-0.4, -0.2) is 69.2 Å². The molecule has 1 aromatic heterocycles. The molecule has 2 unspecified atom stereocenters. The summed E-state index contributed by atoms with van der Waals surface area (Å²) in [6, 6.07) is 5.05. The van der Waals surface area contributed by atoms with Crippen LogP contribution in [0.3, 0.4) is 0 Å². The normalized spacial score (nSPS) is 24.7. The summed E-state index contributed by atoms with van der Waals surface area (Å²) >= 11 is 0. The van der Waals surface area contributed by atoms with Crippen molar-refractivity contribution in [2.75, 3.05) is 26.2 Å². The van der Waals surface area contributed by atoms with Crippen molar-refractivity contribution < 1.29 is 19.8 Å². The summed E-state index contributed by atoms with van der Waals surface area (Å²) in [4.78, 5) is 27.8. The van der Waals surface area contributed by atoms with Crippen LogP contribution >= 0.6 is 0 Å². The van der Waals surface area contributed by atoms with E-state index in [-0.39, 0.29) is 0 Å². The summed E-state index contributed by atoms with van der Waals surface area (Å²) < 4.78 is 0. The summed E-state index contributed by atoms with van der Waals surface area (Å²) in [6.45, 7) is 11.0. The number of nitrogens with zero attached hydrogens (tertiary/aromatic N) is 3. The Morgan fingerprint density at radius 2 is 1.70 bits per heavy atom. The zero-order valence-electron chi connectivity index (χ0n) is 16.3. The smallest absolute Gasteiger partial charge is 0.414 e. The summed E-state index contributed by atoms with van der Waals surface area (Å²) in [5, 5.41) is 14.8. The second-order valence-electron chi connectivity index (χ2n) is 7.88. The Hall–Kier alpha value is -1.99. The molecule has 2 saturated heterocycles. The minimum absolute atomic E-state index is 0.820. The summed E-state index contributed by atoms with van der Waals surface area (Å²) in [5.74, 6) is -1.89. The van der Waals surface area contributed by atoms with E-state index in [1.54, 1.807) is 0 Å². The van der Waals surface area contributed by atoms with Crippen molar-refractivity contribution >= 4 is 11.9 Å². The van der Waals surface area contributed by atoms with Gasteiger partial charge in [0.05, 0.1) is 0 Å². The first-order valence-corrected chi connectivity index (χ1v) is 9.66. The predicted molar refractivity (Wildman–Crippen MR) is 102 cm³/mol. The number of hydrogen-bond acceptors (Lipinski definition) is 5. The quantitative estimate of drug-likeness (QED) is 0.780. The Morgan fingerprint density at radius 1 is 1.11 bits per heavy atom. The molecule has 3 rings (SSSR count). The third-order valence-corrected chi connectivity index (χ3v) is 5.28. The SMILES string of the molecule is CC1CC(C)CN(C2CCN(Cc3cccnc3)CC2)C1.O=C(O)C(=O)O. The molecule has 2 aliphatic heterocycles. The Bertz CT molecular complexity index is 581. The standard InChI is InChI=1S/C18H29N3.C2H2O4/c1-15-10-16(2)13-21(12-15)18-5-8-20(9-6-18)14-17-4-3-7-19-11-17;3-1(4)2(5)6/h3-4,7,11,15-16,18H,5-6,8-10,12-14H2,1-2H3;(H,3,4)(H,5,6). The van der Waals surface area contributed by atoms with Gasteiger partial charge >= 0.3 is 11.9 Å². The Balaban J connectivity index is 0.000000380. The second-order valence-corrected chi connectivity index (χ2v) is 7.88. The Labute approximate surface area is 161 Å². The minimum atomic E-state index is -1.82. The molecule has 0 amide bonds. The van der Waals surface area contributed by atoms with Crippen LogP contribution in [0.15, 0.2) is 24.5 Å². The average Bonchev–Trinajstić information content (AvgIpc) is 2.63. The molecule has 1 aromatic rings. The maximum atomic E-state index is 9.10. The van der Waals surface area contributed by atoms with Crippen LogP contribution in [-0.2, 0) is 16.1 Å². The minimum Gasteiger partial charge on any atom is -0.473 e. The van der Waals surface area contributed by atoms with E-state index in [1.807, 2.05) is 18.5 Å². The zero-order chi connectivity index (χ0) is 19.8. The van der Waals surface area contributed by atoms with E-state index in [9.17, 15) is 0 Å². The highest BCUT2D eigenvalue weighted by atomic mass is 16.4. The molecule has 150 valence electrons. The number of carboxylic acid groups (broad SMARTS) is 2. The monoisotopic (exact) mass is 377 g/mol. The summed E-state index contributed by atoms with van der Waals surface area (Å²) in [5.41, 5.74) is 1.34. The van der Waals surface area contributed by atoms with Gasteiger partial charge in [-0.25, -0.2) is 9.59 Å². The number of pyridine rings is 1. The van der Waals surface area contributed by atoms with Gasteiger partial charge in [-0.1, -0.05) is 19.9 Å². The first kappa shape index (κ1) is 21.3. The molecule has 0 spiro atoms. The van der Waals surface area contributed by atoms with Crippen LogP contribution in [0.1, 0.15) is 38.7 Å². The van der Waals surface area contributed by atoms with Gasteiger partial charge in [0, 0.05) is 38.1 Å². The maximum Gasteiger partial charge on any atom is 0.414 e. The van der Waals surface area contributed by atoms with Gasteiger partial charge in [0.25, 0.3) is 0 Å². The van der Waals surface area contributed by atoms with E-state index in [0.717, 1.165) is 24.4 Å². The van der Waals surface area contributed by atoms with Gasteiger partial charge in [0.1, 0.15) is 0 Å². The van der Waals surface area contributed by atoms with Crippen LogP contribution in [0.4, 0.5) is 0 Å². The van der Waals surface area contributed by atoms with Gasteiger partial charge < -0.3 is 10.2 Å². The highest BCUT2D eigenvalue weighted by molar-refractivity contribution is 6.27. The van der Waals surface area contributed by atoms with Crippen molar-refractivity contribution in [2.24, 2.45) is 11.8 Å². The van der Waals surface area contributed by atoms with Crippen molar-refractivity contribution in [3.63, 3.8) is 0 Å². The number of aliphatic carboxylic acids is 2. The molecule has 27 heavy (non-hydrogen) atoms. The van der Waals surface area contributed by atoms with Crippen molar-refractivity contribution in [1.82, 2.24) is 14.8 Å². The van der Waals surface area contributed by atoms with E-state index in [4.69, 9.17) is 19.8 Å². The first-order valence-electron chi connectivity index (χ1n) is 9.66. The molecule has 0 radical (unpaired) electrons. The molecular formula is C20H31N3O4. The number of carbonyl (C=O) groups is 2. The Kier molecular flexibility index (Phi) is 8.19. The third kappa shape index (κ3) is 7.27. The molecule has 3 heterocycles. The molecule has 0 aliphatic carbocycles. The average molecular weight is 377 g/mol.